The molecule has 0 heterocycles. The first-order chi connectivity index (χ1) is 8.95. The number of sulfone groups is 1. The average molecular weight is 292 g/mol. The molecule has 0 bridgehead atoms. The fraction of sp³-hybridized carbons (Fsp3) is 0.929. The quantitative estimate of drug-likeness (QED) is 0.560. The van der Waals surface area contributed by atoms with Gasteiger partial charge in [-0.3, -0.25) is 4.79 Å². The maximum atomic E-state index is 11.8. The van der Waals surface area contributed by atoms with Crippen molar-refractivity contribution in [3.8, 4) is 0 Å². The topological polar surface area (TPSA) is 71.4 Å². The summed E-state index contributed by atoms with van der Waals surface area (Å²) in [6.45, 7) is 3.78. The Hall–Kier alpha value is -0.580. The monoisotopic (exact) mass is 292 g/mol. The Kier molecular flexibility index (Phi) is 9.92. The van der Waals surface area contributed by atoms with E-state index in [2.05, 4.69) is 6.92 Å². The van der Waals surface area contributed by atoms with Crippen molar-refractivity contribution in [3.63, 3.8) is 0 Å². The van der Waals surface area contributed by atoms with Crippen LogP contribution in [0.5, 0.6) is 0 Å². The zero-order chi connectivity index (χ0) is 14.7. The fourth-order valence-electron chi connectivity index (χ4n) is 2.16. The Labute approximate surface area is 117 Å². The van der Waals surface area contributed by atoms with E-state index >= 15 is 0 Å². The van der Waals surface area contributed by atoms with Gasteiger partial charge in [-0.05, 0) is 12.8 Å². The van der Waals surface area contributed by atoms with Crippen LogP contribution in [0, 0.1) is 0 Å². The molecule has 0 saturated carbocycles. The summed E-state index contributed by atoms with van der Waals surface area (Å²) in [6, 6.07) is 0. The molecule has 19 heavy (non-hydrogen) atoms. The Morgan fingerprint density at radius 2 is 1.42 bits per heavy atom. The lowest BCUT2D eigenvalue weighted by molar-refractivity contribution is -0.136. The largest absolute Gasteiger partial charge is 0.480 e. The van der Waals surface area contributed by atoms with Crippen LogP contribution >= 0.6 is 0 Å². The SMILES string of the molecule is CCCCCCCCCCS(=O)(=O)C(CC)C(=O)O. The van der Waals surface area contributed by atoms with Crippen molar-refractivity contribution in [2.75, 3.05) is 5.75 Å². The molecule has 1 unspecified atom stereocenters. The van der Waals surface area contributed by atoms with Gasteiger partial charge in [0.2, 0.25) is 0 Å². The number of carbonyl (C=O) groups is 1. The number of aliphatic carboxylic acids is 1. The van der Waals surface area contributed by atoms with Crippen LogP contribution in [0.4, 0.5) is 0 Å². The van der Waals surface area contributed by atoms with Gasteiger partial charge in [0, 0.05) is 0 Å². The maximum absolute atomic E-state index is 11.8. The van der Waals surface area contributed by atoms with Crippen molar-refractivity contribution < 1.29 is 18.3 Å². The van der Waals surface area contributed by atoms with E-state index in [9.17, 15) is 13.2 Å². The van der Waals surface area contributed by atoms with Crippen LogP contribution in [0.15, 0.2) is 0 Å². The zero-order valence-corrected chi connectivity index (χ0v) is 13.0. The van der Waals surface area contributed by atoms with Gasteiger partial charge in [0.1, 0.15) is 0 Å². The standard InChI is InChI=1S/C14H28O4S/c1-3-5-6-7-8-9-10-11-12-19(17,18)13(4-2)14(15)16/h13H,3-12H2,1-2H3,(H,15,16). The smallest absolute Gasteiger partial charge is 0.321 e. The molecule has 5 heteroatoms. The van der Waals surface area contributed by atoms with Crippen LogP contribution < -0.4 is 0 Å². The lowest BCUT2D eigenvalue weighted by Gasteiger charge is -2.11. The molecule has 0 amide bonds. The van der Waals surface area contributed by atoms with E-state index in [0.717, 1.165) is 19.3 Å². The molecule has 1 atom stereocenters. The molecule has 0 saturated heterocycles. The third kappa shape index (κ3) is 8.24. The van der Waals surface area contributed by atoms with E-state index in [1.54, 1.807) is 6.92 Å². The second kappa shape index (κ2) is 10.2. The van der Waals surface area contributed by atoms with Crippen LogP contribution in [0.1, 0.15) is 71.6 Å². The minimum absolute atomic E-state index is 0.00671. The highest BCUT2D eigenvalue weighted by Crippen LogP contribution is 2.13. The van der Waals surface area contributed by atoms with Gasteiger partial charge < -0.3 is 5.11 Å². The van der Waals surface area contributed by atoms with Gasteiger partial charge in [-0.2, -0.15) is 0 Å². The highest BCUT2D eigenvalue weighted by Gasteiger charge is 2.29. The van der Waals surface area contributed by atoms with E-state index in [1.807, 2.05) is 0 Å². The van der Waals surface area contributed by atoms with Gasteiger partial charge >= 0.3 is 5.97 Å². The first-order valence-corrected chi connectivity index (χ1v) is 9.11. The molecule has 114 valence electrons. The third-order valence-corrected chi connectivity index (χ3v) is 5.62. The molecule has 0 aromatic rings. The van der Waals surface area contributed by atoms with E-state index < -0.39 is 21.1 Å². The Balaban J connectivity index is 3.78. The Morgan fingerprint density at radius 3 is 1.84 bits per heavy atom. The van der Waals surface area contributed by atoms with Crippen LogP contribution in [-0.4, -0.2) is 30.5 Å². The van der Waals surface area contributed by atoms with E-state index in [0.29, 0.717) is 6.42 Å². The lowest BCUT2D eigenvalue weighted by atomic mass is 10.1. The minimum Gasteiger partial charge on any atom is -0.480 e. The van der Waals surface area contributed by atoms with E-state index in [1.165, 1.54) is 25.7 Å². The molecule has 0 aromatic carbocycles. The number of rotatable bonds is 12. The second-order valence-corrected chi connectivity index (χ2v) is 7.38. The number of carboxylic acid groups (broad SMARTS) is 1. The second-order valence-electron chi connectivity index (χ2n) is 5.08. The first kappa shape index (κ1) is 18.4. The molecule has 4 nitrogen and oxygen atoms in total. The highest BCUT2D eigenvalue weighted by molar-refractivity contribution is 7.92. The van der Waals surface area contributed by atoms with Crippen LogP contribution in [-0.2, 0) is 14.6 Å². The number of hydrogen-bond donors (Lipinski definition) is 1. The summed E-state index contributed by atoms with van der Waals surface area (Å²) in [4.78, 5) is 10.8. The lowest BCUT2D eigenvalue weighted by Crippen LogP contribution is -2.31. The normalized spacial score (nSPS) is 13.4. The van der Waals surface area contributed by atoms with Crippen molar-refractivity contribution in [1.82, 2.24) is 0 Å². The van der Waals surface area contributed by atoms with Crippen molar-refractivity contribution >= 4 is 15.8 Å². The summed E-state index contributed by atoms with van der Waals surface area (Å²) in [5.41, 5.74) is 0. The van der Waals surface area contributed by atoms with Crippen molar-refractivity contribution in [2.24, 2.45) is 0 Å². The molecule has 0 aliphatic rings. The van der Waals surface area contributed by atoms with Gasteiger partial charge in [0.05, 0.1) is 5.75 Å². The Morgan fingerprint density at radius 1 is 0.947 bits per heavy atom. The fourth-order valence-corrected chi connectivity index (χ4v) is 3.87. The highest BCUT2D eigenvalue weighted by atomic mass is 32.2. The summed E-state index contributed by atoms with van der Waals surface area (Å²) in [5.74, 6) is -1.21. The molecule has 0 rings (SSSR count). The summed E-state index contributed by atoms with van der Waals surface area (Å²) >= 11 is 0. The average Bonchev–Trinajstić information content (AvgIpc) is 2.32. The van der Waals surface area contributed by atoms with Crippen LogP contribution in [0.25, 0.3) is 0 Å². The van der Waals surface area contributed by atoms with Gasteiger partial charge in [-0.1, -0.05) is 58.8 Å². The zero-order valence-electron chi connectivity index (χ0n) is 12.2. The van der Waals surface area contributed by atoms with Gasteiger partial charge in [-0.25, -0.2) is 8.42 Å². The van der Waals surface area contributed by atoms with Crippen molar-refractivity contribution in [3.05, 3.63) is 0 Å². The summed E-state index contributed by atoms with van der Waals surface area (Å²) in [7, 11) is -3.47. The van der Waals surface area contributed by atoms with Gasteiger partial charge in [-0.15, -0.1) is 0 Å². The van der Waals surface area contributed by atoms with Gasteiger partial charge in [0.25, 0.3) is 0 Å². The van der Waals surface area contributed by atoms with Crippen LogP contribution in [0.2, 0.25) is 0 Å². The van der Waals surface area contributed by atoms with E-state index in [-0.39, 0.29) is 12.2 Å². The first-order valence-electron chi connectivity index (χ1n) is 7.40. The number of carboxylic acids is 1. The van der Waals surface area contributed by atoms with Crippen molar-refractivity contribution in [2.45, 2.75) is 76.9 Å². The van der Waals surface area contributed by atoms with Crippen molar-refractivity contribution in [1.29, 1.82) is 0 Å². The molecule has 0 spiro atoms. The summed E-state index contributed by atoms with van der Waals surface area (Å²) < 4.78 is 23.6. The maximum Gasteiger partial charge on any atom is 0.321 e. The number of unbranched alkanes of at least 4 members (excludes halogenated alkanes) is 7. The van der Waals surface area contributed by atoms with Gasteiger partial charge in [0.15, 0.2) is 15.1 Å². The minimum atomic E-state index is -3.47. The molecular weight excluding hydrogens is 264 g/mol. The summed E-state index contributed by atoms with van der Waals surface area (Å²) in [5, 5.41) is 7.63. The predicted molar refractivity (Wildman–Crippen MR) is 78.1 cm³/mol. The van der Waals surface area contributed by atoms with E-state index in [4.69, 9.17) is 5.11 Å². The molecule has 1 N–H and O–H groups in total. The molecule has 0 aromatic heterocycles. The molecule has 0 fully saturated rings. The Bertz CT molecular complexity index is 335. The molecule has 0 aliphatic heterocycles. The molecule has 0 aliphatic carbocycles. The molecular formula is C14H28O4S. The predicted octanol–water partition coefficient (Wildman–Crippen LogP) is 3.41. The van der Waals surface area contributed by atoms with Crippen LogP contribution in [0.3, 0.4) is 0 Å². The molecule has 0 radical (unpaired) electrons. The summed E-state index contributed by atoms with van der Waals surface area (Å²) in [6.07, 6.45) is 8.77. The number of hydrogen-bond acceptors (Lipinski definition) is 3. The third-order valence-electron chi connectivity index (χ3n) is 3.36.